The molecule has 0 unspecified atom stereocenters. The van der Waals surface area contributed by atoms with Crippen LogP contribution in [0.2, 0.25) is 0 Å². The van der Waals surface area contributed by atoms with Crippen molar-refractivity contribution in [3.05, 3.63) is 59.7 Å². The molecule has 0 aliphatic carbocycles. The van der Waals surface area contributed by atoms with Crippen LogP contribution >= 0.6 is 0 Å². The molecule has 122 valence electrons. The molecule has 0 saturated carbocycles. The van der Waals surface area contributed by atoms with Gasteiger partial charge in [-0.1, -0.05) is 0 Å². The van der Waals surface area contributed by atoms with E-state index in [4.69, 9.17) is 4.74 Å². The van der Waals surface area contributed by atoms with Crippen molar-refractivity contribution in [3.63, 3.8) is 0 Å². The lowest BCUT2D eigenvalue weighted by molar-refractivity contribution is 0.102. The Balaban J connectivity index is 1.73. The number of aromatic nitrogens is 4. The van der Waals surface area contributed by atoms with E-state index in [9.17, 15) is 4.79 Å². The Morgan fingerprint density at radius 3 is 2.33 bits per heavy atom. The Bertz CT molecular complexity index is 854. The average Bonchev–Trinajstić information content (AvgIpc) is 2.94. The molecule has 3 aromatic rings. The van der Waals surface area contributed by atoms with Crippen LogP contribution < -0.4 is 10.1 Å². The predicted octanol–water partition coefficient (Wildman–Crippen LogP) is 2.54. The van der Waals surface area contributed by atoms with Crippen molar-refractivity contribution in [1.29, 1.82) is 0 Å². The molecule has 2 aromatic heterocycles. The van der Waals surface area contributed by atoms with Crippen LogP contribution in [-0.4, -0.2) is 32.8 Å². The first-order chi connectivity index (χ1) is 11.6. The third kappa shape index (κ3) is 3.24. The normalized spacial score (nSPS) is 10.5. The number of rotatable bonds is 4. The molecule has 0 saturated heterocycles. The van der Waals surface area contributed by atoms with Crippen molar-refractivity contribution in [2.75, 3.05) is 12.4 Å². The van der Waals surface area contributed by atoms with Gasteiger partial charge in [-0.2, -0.15) is 5.10 Å². The highest BCUT2D eigenvalue weighted by atomic mass is 16.5. The molecule has 0 spiro atoms. The lowest BCUT2D eigenvalue weighted by Gasteiger charge is -2.07. The van der Waals surface area contributed by atoms with E-state index in [1.54, 1.807) is 48.5 Å². The minimum Gasteiger partial charge on any atom is -0.497 e. The summed E-state index contributed by atoms with van der Waals surface area (Å²) in [4.78, 5) is 20.7. The highest BCUT2D eigenvalue weighted by Gasteiger charge is 2.09. The van der Waals surface area contributed by atoms with Crippen LogP contribution in [0.25, 0.3) is 5.95 Å². The van der Waals surface area contributed by atoms with Crippen LogP contribution in [0.3, 0.4) is 0 Å². The fourth-order valence-corrected chi connectivity index (χ4v) is 2.27. The van der Waals surface area contributed by atoms with Crippen LogP contribution in [0.5, 0.6) is 5.75 Å². The first kappa shape index (κ1) is 15.7. The van der Waals surface area contributed by atoms with Gasteiger partial charge >= 0.3 is 0 Å². The molecule has 1 amide bonds. The maximum Gasteiger partial charge on any atom is 0.255 e. The van der Waals surface area contributed by atoms with Gasteiger partial charge in [0.15, 0.2) is 0 Å². The molecule has 3 rings (SSSR count). The number of ether oxygens (including phenoxy) is 1. The van der Waals surface area contributed by atoms with Gasteiger partial charge in [0.2, 0.25) is 0 Å². The minimum absolute atomic E-state index is 0.236. The number of anilines is 1. The number of carbonyl (C=O) groups excluding carboxylic acids is 1. The van der Waals surface area contributed by atoms with E-state index in [2.05, 4.69) is 20.4 Å². The Morgan fingerprint density at radius 2 is 1.79 bits per heavy atom. The third-order valence-electron chi connectivity index (χ3n) is 3.45. The molecule has 0 aliphatic heterocycles. The van der Waals surface area contributed by atoms with Gasteiger partial charge < -0.3 is 10.1 Å². The van der Waals surface area contributed by atoms with Crippen molar-refractivity contribution in [2.24, 2.45) is 0 Å². The lowest BCUT2D eigenvalue weighted by atomic mass is 10.2. The molecule has 7 nitrogen and oxygen atoms in total. The maximum absolute atomic E-state index is 12.2. The highest BCUT2D eigenvalue weighted by molar-refractivity contribution is 6.04. The summed E-state index contributed by atoms with van der Waals surface area (Å²) in [6, 6.07) is 8.80. The molecule has 2 heterocycles. The molecule has 1 N–H and O–H groups in total. The van der Waals surface area contributed by atoms with Gasteiger partial charge in [-0.05, 0) is 44.2 Å². The zero-order valence-corrected chi connectivity index (χ0v) is 13.6. The fraction of sp³-hybridized carbons (Fsp3) is 0.176. The lowest BCUT2D eigenvalue weighted by Crippen LogP contribution is -2.13. The molecule has 7 heteroatoms. The number of nitrogens with zero attached hydrogens (tertiary/aromatic N) is 4. The van der Waals surface area contributed by atoms with E-state index < -0.39 is 0 Å². The first-order valence-corrected chi connectivity index (χ1v) is 7.38. The smallest absolute Gasteiger partial charge is 0.255 e. The highest BCUT2D eigenvalue weighted by Crippen LogP contribution is 2.14. The van der Waals surface area contributed by atoms with Crippen molar-refractivity contribution in [3.8, 4) is 11.7 Å². The van der Waals surface area contributed by atoms with E-state index in [0.717, 1.165) is 11.4 Å². The fourth-order valence-electron chi connectivity index (χ4n) is 2.27. The van der Waals surface area contributed by atoms with E-state index in [1.807, 2.05) is 19.9 Å². The van der Waals surface area contributed by atoms with Gasteiger partial charge in [-0.25, -0.2) is 14.6 Å². The van der Waals surface area contributed by atoms with Crippen LogP contribution in [-0.2, 0) is 0 Å². The van der Waals surface area contributed by atoms with Crippen LogP contribution in [0.1, 0.15) is 21.7 Å². The van der Waals surface area contributed by atoms with Crippen LogP contribution in [0.15, 0.2) is 42.7 Å². The number of methoxy groups -OCH3 is 1. The quantitative estimate of drug-likeness (QED) is 0.798. The second kappa shape index (κ2) is 6.49. The Hall–Kier alpha value is -3.22. The molecular weight excluding hydrogens is 306 g/mol. The summed E-state index contributed by atoms with van der Waals surface area (Å²) in [7, 11) is 1.58. The predicted molar refractivity (Wildman–Crippen MR) is 89.6 cm³/mol. The molecule has 0 radical (unpaired) electrons. The molecular formula is C17H17N5O2. The molecule has 24 heavy (non-hydrogen) atoms. The SMILES string of the molecule is COc1ccc(C(=O)Nc2cnc(-n3nc(C)cc3C)nc2)cc1. The number of benzene rings is 1. The molecule has 0 atom stereocenters. The molecule has 0 fully saturated rings. The average molecular weight is 323 g/mol. The summed E-state index contributed by atoms with van der Waals surface area (Å²) in [6.45, 7) is 3.84. The first-order valence-electron chi connectivity index (χ1n) is 7.38. The Morgan fingerprint density at radius 1 is 1.12 bits per heavy atom. The standard InChI is InChI=1S/C17H17N5O2/c1-11-8-12(2)22(21-11)17-18-9-14(10-19-17)20-16(23)13-4-6-15(24-3)7-5-13/h4-10H,1-3H3,(H,20,23). The second-order valence-corrected chi connectivity index (χ2v) is 5.29. The summed E-state index contributed by atoms with van der Waals surface area (Å²) in [5, 5.41) is 7.09. The van der Waals surface area contributed by atoms with Crippen molar-refractivity contribution in [1.82, 2.24) is 19.7 Å². The summed E-state index contributed by atoms with van der Waals surface area (Å²) < 4.78 is 6.73. The van der Waals surface area contributed by atoms with E-state index in [1.165, 1.54) is 0 Å². The second-order valence-electron chi connectivity index (χ2n) is 5.29. The zero-order valence-electron chi connectivity index (χ0n) is 13.6. The third-order valence-corrected chi connectivity index (χ3v) is 3.45. The molecule has 0 aliphatic rings. The molecule has 0 bridgehead atoms. The number of carbonyl (C=O) groups is 1. The van der Waals surface area contributed by atoms with E-state index in [-0.39, 0.29) is 5.91 Å². The topological polar surface area (TPSA) is 81.9 Å². The minimum atomic E-state index is -0.236. The molecule has 1 aromatic carbocycles. The van der Waals surface area contributed by atoms with Gasteiger partial charge in [-0.3, -0.25) is 4.79 Å². The van der Waals surface area contributed by atoms with Crippen molar-refractivity contribution in [2.45, 2.75) is 13.8 Å². The van der Waals surface area contributed by atoms with E-state index in [0.29, 0.717) is 22.9 Å². The van der Waals surface area contributed by atoms with Gasteiger partial charge in [-0.15, -0.1) is 0 Å². The monoisotopic (exact) mass is 323 g/mol. The van der Waals surface area contributed by atoms with Crippen molar-refractivity contribution < 1.29 is 9.53 Å². The largest absolute Gasteiger partial charge is 0.497 e. The zero-order chi connectivity index (χ0) is 17.1. The summed E-state index contributed by atoms with van der Waals surface area (Å²) in [5.74, 6) is 0.923. The van der Waals surface area contributed by atoms with Gasteiger partial charge in [0, 0.05) is 11.3 Å². The summed E-state index contributed by atoms with van der Waals surface area (Å²) in [6.07, 6.45) is 3.11. The summed E-state index contributed by atoms with van der Waals surface area (Å²) in [5.41, 5.74) is 2.88. The Kier molecular flexibility index (Phi) is 4.24. The summed E-state index contributed by atoms with van der Waals surface area (Å²) >= 11 is 0. The van der Waals surface area contributed by atoms with Gasteiger partial charge in [0.1, 0.15) is 5.75 Å². The number of hydrogen-bond acceptors (Lipinski definition) is 5. The number of nitrogens with one attached hydrogen (secondary N) is 1. The van der Waals surface area contributed by atoms with Crippen LogP contribution in [0, 0.1) is 13.8 Å². The van der Waals surface area contributed by atoms with E-state index >= 15 is 0 Å². The number of amides is 1. The van der Waals surface area contributed by atoms with Gasteiger partial charge in [0.05, 0.1) is 30.9 Å². The Labute approximate surface area is 139 Å². The van der Waals surface area contributed by atoms with Crippen molar-refractivity contribution >= 4 is 11.6 Å². The maximum atomic E-state index is 12.2. The van der Waals surface area contributed by atoms with Crippen LogP contribution in [0.4, 0.5) is 5.69 Å². The number of aryl methyl sites for hydroxylation is 2. The number of hydrogen-bond donors (Lipinski definition) is 1. The van der Waals surface area contributed by atoms with Gasteiger partial charge in [0.25, 0.3) is 11.9 Å².